The van der Waals surface area contributed by atoms with E-state index < -0.39 is 0 Å². The highest BCUT2D eigenvalue weighted by atomic mass is 16.2. The van der Waals surface area contributed by atoms with E-state index in [1.54, 1.807) is 31.0 Å². The van der Waals surface area contributed by atoms with E-state index in [1.165, 1.54) is 0 Å². The topological polar surface area (TPSA) is 149 Å². The molecule has 242 valence electrons. The third-order valence-corrected chi connectivity index (χ3v) is 8.87. The van der Waals surface area contributed by atoms with Gasteiger partial charge in [0.25, 0.3) is 0 Å². The van der Waals surface area contributed by atoms with Gasteiger partial charge in [0.2, 0.25) is 17.8 Å². The van der Waals surface area contributed by atoms with Crippen LogP contribution in [0.2, 0.25) is 0 Å². The molecule has 12 nitrogen and oxygen atoms in total. The predicted molar refractivity (Wildman–Crippen MR) is 181 cm³/mol. The van der Waals surface area contributed by atoms with E-state index in [0.29, 0.717) is 36.1 Å². The number of benzene rings is 1. The fourth-order valence-electron chi connectivity index (χ4n) is 6.26. The molecule has 4 aromatic rings. The van der Waals surface area contributed by atoms with Crippen molar-refractivity contribution >= 4 is 23.6 Å². The molecule has 0 bridgehead atoms. The number of nitriles is 1. The summed E-state index contributed by atoms with van der Waals surface area (Å²) in [5.41, 5.74) is 3.25. The van der Waals surface area contributed by atoms with Crippen LogP contribution in [0.4, 0.5) is 17.7 Å². The predicted octanol–water partition coefficient (Wildman–Crippen LogP) is 4.35. The van der Waals surface area contributed by atoms with Crippen LogP contribution in [0, 0.1) is 11.3 Å². The van der Waals surface area contributed by atoms with Gasteiger partial charge in [-0.15, -0.1) is 0 Å². The van der Waals surface area contributed by atoms with Crippen molar-refractivity contribution in [1.29, 1.82) is 5.26 Å². The Morgan fingerprint density at radius 2 is 1.68 bits per heavy atom. The van der Waals surface area contributed by atoms with Gasteiger partial charge in [-0.2, -0.15) is 10.2 Å². The molecule has 1 aliphatic heterocycles. The van der Waals surface area contributed by atoms with Crippen molar-refractivity contribution in [3.63, 3.8) is 0 Å². The fourth-order valence-corrected chi connectivity index (χ4v) is 6.26. The molecule has 0 spiro atoms. The van der Waals surface area contributed by atoms with Crippen molar-refractivity contribution < 1.29 is 4.79 Å². The Kier molecular flexibility index (Phi) is 10.5. The SMILES string of the molecule is CCc1ncc(-c2cnc(N(C(=O)CCc3ccccc3)C3CCC(Nc4ncc(C#N)c(N5CCCNCC5)n4)CC3)nc2)cn1. The smallest absolute Gasteiger partial charge is 0.232 e. The number of carbonyl (C=O) groups excluding carboxylic acids is 1. The quantitative estimate of drug-likeness (QED) is 0.257. The number of nitrogens with zero attached hydrogens (tertiary/aromatic N) is 9. The molecule has 0 radical (unpaired) electrons. The highest BCUT2D eigenvalue weighted by molar-refractivity contribution is 5.92. The summed E-state index contributed by atoms with van der Waals surface area (Å²) in [4.78, 5) is 45.2. The maximum absolute atomic E-state index is 13.8. The first kappa shape index (κ1) is 31.9. The van der Waals surface area contributed by atoms with Crippen molar-refractivity contribution in [3.8, 4) is 17.2 Å². The molecule has 0 atom stereocenters. The number of rotatable bonds is 10. The first-order valence-corrected chi connectivity index (χ1v) is 16.6. The Morgan fingerprint density at radius 3 is 2.38 bits per heavy atom. The summed E-state index contributed by atoms with van der Waals surface area (Å²) in [6.45, 7) is 5.48. The minimum atomic E-state index is -0.0311. The van der Waals surface area contributed by atoms with Crippen molar-refractivity contribution in [1.82, 2.24) is 35.2 Å². The fraction of sp³-hybridized carbons (Fsp3) is 0.429. The number of hydrogen-bond donors (Lipinski definition) is 2. The largest absolute Gasteiger partial charge is 0.354 e. The zero-order valence-electron chi connectivity index (χ0n) is 26.8. The third kappa shape index (κ3) is 8.04. The van der Waals surface area contributed by atoms with Crippen LogP contribution in [0.25, 0.3) is 11.1 Å². The van der Waals surface area contributed by atoms with Crippen molar-refractivity contribution in [2.24, 2.45) is 0 Å². The van der Waals surface area contributed by atoms with Gasteiger partial charge < -0.3 is 15.5 Å². The molecule has 1 aliphatic carbocycles. The first-order chi connectivity index (χ1) is 23.1. The van der Waals surface area contributed by atoms with Gasteiger partial charge in [-0.05, 0) is 50.6 Å². The molecule has 1 amide bonds. The molecule has 12 heteroatoms. The third-order valence-electron chi connectivity index (χ3n) is 8.87. The van der Waals surface area contributed by atoms with Gasteiger partial charge in [0.1, 0.15) is 17.5 Å². The Bertz CT molecular complexity index is 1640. The molecule has 6 rings (SSSR count). The van der Waals surface area contributed by atoms with Crippen molar-refractivity contribution in [2.45, 2.75) is 70.4 Å². The van der Waals surface area contributed by atoms with E-state index >= 15 is 0 Å². The summed E-state index contributed by atoms with van der Waals surface area (Å²) in [5.74, 6) is 2.44. The van der Waals surface area contributed by atoms with Crippen LogP contribution in [0.3, 0.4) is 0 Å². The van der Waals surface area contributed by atoms with Gasteiger partial charge in [0.05, 0.1) is 6.20 Å². The number of anilines is 3. The molecule has 0 unspecified atom stereocenters. The van der Waals surface area contributed by atoms with Crippen molar-refractivity contribution in [3.05, 3.63) is 78.3 Å². The zero-order chi connectivity index (χ0) is 32.4. The molecule has 2 fully saturated rings. The molecular weight excluding hydrogens is 590 g/mol. The lowest BCUT2D eigenvalue weighted by molar-refractivity contribution is -0.119. The van der Waals surface area contributed by atoms with E-state index in [4.69, 9.17) is 4.98 Å². The standard InChI is InChI=1S/C35H41N11O/c1-2-31-38-21-27(22-39-31)28-23-41-35(42-24-28)46(32(47)14-9-25-7-4-3-5-8-25)30-12-10-29(11-13-30)43-34-40-20-26(19-36)33(44-34)45-17-6-15-37-16-18-45/h3-5,7-8,20-24,29-30,37H,2,6,9-18H2,1H3,(H,40,43,44). The van der Waals surface area contributed by atoms with Gasteiger partial charge in [-0.25, -0.2) is 24.9 Å². The number of hydrogen-bond acceptors (Lipinski definition) is 11. The van der Waals surface area contributed by atoms with Gasteiger partial charge in [-0.1, -0.05) is 37.3 Å². The normalized spacial score (nSPS) is 18.2. The van der Waals surface area contributed by atoms with E-state index in [2.05, 4.69) is 46.5 Å². The molecule has 4 heterocycles. The second kappa shape index (κ2) is 15.5. The van der Waals surface area contributed by atoms with E-state index in [0.717, 1.165) is 87.2 Å². The van der Waals surface area contributed by atoms with Crippen LogP contribution in [-0.4, -0.2) is 74.1 Å². The number of aryl methyl sites for hydroxylation is 2. The molecule has 1 saturated heterocycles. The maximum Gasteiger partial charge on any atom is 0.232 e. The van der Waals surface area contributed by atoms with Gasteiger partial charge >= 0.3 is 0 Å². The Morgan fingerprint density at radius 1 is 0.957 bits per heavy atom. The number of carbonyl (C=O) groups is 1. The molecule has 47 heavy (non-hydrogen) atoms. The summed E-state index contributed by atoms with van der Waals surface area (Å²) in [5, 5.41) is 16.6. The van der Waals surface area contributed by atoms with E-state index in [-0.39, 0.29) is 18.0 Å². The Labute approximate surface area is 275 Å². The van der Waals surface area contributed by atoms with Crippen LogP contribution in [0.15, 0.2) is 61.3 Å². The second-order valence-corrected chi connectivity index (χ2v) is 12.0. The van der Waals surface area contributed by atoms with Gasteiger partial charge in [0.15, 0.2) is 5.82 Å². The molecule has 2 aliphatic rings. The minimum absolute atomic E-state index is 0.0145. The molecule has 1 saturated carbocycles. The zero-order valence-corrected chi connectivity index (χ0v) is 26.8. The Hall–Kier alpha value is -5.02. The van der Waals surface area contributed by atoms with Crippen LogP contribution in [0.5, 0.6) is 0 Å². The lowest BCUT2D eigenvalue weighted by Crippen LogP contribution is -2.45. The van der Waals surface area contributed by atoms with Crippen molar-refractivity contribution in [2.75, 3.05) is 41.3 Å². The summed E-state index contributed by atoms with van der Waals surface area (Å²) >= 11 is 0. The minimum Gasteiger partial charge on any atom is -0.354 e. The van der Waals surface area contributed by atoms with Crippen LogP contribution in [-0.2, 0) is 17.6 Å². The van der Waals surface area contributed by atoms with Crippen LogP contribution < -0.4 is 20.4 Å². The Balaban J connectivity index is 1.15. The van der Waals surface area contributed by atoms with Gasteiger partial charge in [0, 0.05) is 80.5 Å². The van der Waals surface area contributed by atoms with E-state index in [9.17, 15) is 10.1 Å². The van der Waals surface area contributed by atoms with E-state index in [1.807, 2.05) is 42.2 Å². The first-order valence-electron chi connectivity index (χ1n) is 16.6. The molecule has 2 N–H and O–H groups in total. The molecular formula is C35H41N11O. The summed E-state index contributed by atoms with van der Waals surface area (Å²) < 4.78 is 0. The number of amides is 1. The average molecular weight is 632 g/mol. The highest BCUT2D eigenvalue weighted by Gasteiger charge is 2.32. The highest BCUT2D eigenvalue weighted by Crippen LogP contribution is 2.29. The molecule has 3 aromatic heterocycles. The average Bonchev–Trinajstić information content (AvgIpc) is 3.42. The van der Waals surface area contributed by atoms with Crippen LogP contribution >= 0.6 is 0 Å². The lowest BCUT2D eigenvalue weighted by atomic mass is 9.90. The summed E-state index contributed by atoms with van der Waals surface area (Å²) in [6, 6.07) is 12.4. The van der Waals surface area contributed by atoms with Gasteiger partial charge in [-0.3, -0.25) is 9.69 Å². The maximum atomic E-state index is 13.8. The second-order valence-electron chi connectivity index (χ2n) is 12.0. The number of aromatic nitrogens is 6. The number of nitrogens with one attached hydrogen (secondary N) is 2. The molecule has 1 aromatic carbocycles. The summed E-state index contributed by atoms with van der Waals surface area (Å²) in [7, 11) is 0. The van der Waals surface area contributed by atoms with Crippen LogP contribution in [0.1, 0.15) is 62.4 Å². The summed E-state index contributed by atoms with van der Waals surface area (Å²) in [6.07, 6.45) is 14.7. The monoisotopic (exact) mass is 631 g/mol. The lowest BCUT2D eigenvalue weighted by Gasteiger charge is -2.36.